The lowest BCUT2D eigenvalue weighted by Crippen LogP contribution is -2.36. The van der Waals surface area contributed by atoms with Crippen LogP contribution in [0, 0.1) is 3.57 Å². The van der Waals surface area contributed by atoms with Crippen molar-refractivity contribution < 1.29 is 4.79 Å². The van der Waals surface area contributed by atoms with E-state index in [-0.39, 0.29) is 5.91 Å². The number of carbonyl (C=O) groups is 1. The third-order valence-electron chi connectivity index (χ3n) is 2.33. The second-order valence-electron chi connectivity index (χ2n) is 3.89. The second kappa shape index (κ2) is 4.94. The summed E-state index contributed by atoms with van der Waals surface area (Å²) in [6.07, 6.45) is 5.45. The number of nitrogens with zero attached hydrogens (tertiary/aromatic N) is 3. The number of halogens is 1. The van der Waals surface area contributed by atoms with Gasteiger partial charge in [-0.2, -0.15) is 0 Å². The average molecular weight is 332 g/mol. The molecule has 1 fully saturated rings. The Kier molecular flexibility index (Phi) is 3.57. The van der Waals surface area contributed by atoms with Crippen molar-refractivity contribution in [2.45, 2.75) is 18.9 Å². The highest BCUT2D eigenvalue weighted by Gasteiger charge is 2.23. The summed E-state index contributed by atoms with van der Waals surface area (Å²) in [7, 11) is 1.86. The van der Waals surface area contributed by atoms with Gasteiger partial charge in [-0.1, -0.05) is 0 Å². The normalized spacial score (nSPS) is 14.6. The Balaban J connectivity index is 1.93. The summed E-state index contributed by atoms with van der Waals surface area (Å²) in [6.45, 7) is 0.337. The van der Waals surface area contributed by atoms with Crippen molar-refractivity contribution in [3.05, 3.63) is 16.1 Å². The van der Waals surface area contributed by atoms with Crippen molar-refractivity contribution in [1.82, 2.24) is 15.3 Å². The Morgan fingerprint density at radius 2 is 2.44 bits per heavy atom. The number of likely N-dealkylation sites (N-methyl/N-ethyl adjacent to an activating group) is 1. The molecule has 0 radical (unpaired) electrons. The monoisotopic (exact) mass is 332 g/mol. The van der Waals surface area contributed by atoms with Crippen molar-refractivity contribution in [1.29, 1.82) is 0 Å². The highest BCUT2D eigenvalue weighted by molar-refractivity contribution is 14.1. The molecule has 6 heteroatoms. The summed E-state index contributed by atoms with van der Waals surface area (Å²) in [5.74, 6) is 0.848. The molecule has 1 amide bonds. The van der Waals surface area contributed by atoms with Crippen LogP contribution in [0.1, 0.15) is 12.8 Å². The van der Waals surface area contributed by atoms with Crippen LogP contribution in [0.5, 0.6) is 0 Å². The number of anilines is 1. The van der Waals surface area contributed by atoms with Crippen LogP contribution in [0.4, 0.5) is 5.82 Å². The van der Waals surface area contributed by atoms with E-state index < -0.39 is 0 Å². The van der Waals surface area contributed by atoms with Gasteiger partial charge in [-0.3, -0.25) is 4.79 Å². The molecule has 0 unspecified atom stereocenters. The van der Waals surface area contributed by atoms with Crippen LogP contribution < -0.4 is 10.2 Å². The van der Waals surface area contributed by atoms with Crippen molar-refractivity contribution in [2.24, 2.45) is 0 Å². The third kappa shape index (κ3) is 3.03. The molecule has 0 saturated heterocycles. The number of carbonyl (C=O) groups excluding carboxylic acids is 1. The molecule has 5 nitrogen and oxygen atoms in total. The molecule has 1 saturated carbocycles. The Morgan fingerprint density at radius 1 is 1.69 bits per heavy atom. The molecular formula is C10H13IN4O. The lowest BCUT2D eigenvalue weighted by Gasteiger charge is -2.18. The number of amides is 1. The summed E-state index contributed by atoms with van der Waals surface area (Å²) in [6, 6.07) is 0.408. The predicted molar refractivity (Wildman–Crippen MR) is 69.2 cm³/mol. The molecule has 0 aromatic carbocycles. The minimum atomic E-state index is 0.0550. The molecule has 0 aliphatic heterocycles. The Bertz CT molecular complexity index is 394. The zero-order valence-electron chi connectivity index (χ0n) is 8.98. The minimum absolute atomic E-state index is 0.0550. The van der Waals surface area contributed by atoms with E-state index in [9.17, 15) is 4.79 Å². The van der Waals surface area contributed by atoms with Crippen molar-refractivity contribution in [3.63, 3.8) is 0 Å². The van der Waals surface area contributed by atoms with Crippen LogP contribution in [-0.2, 0) is 4.79 Å². The summed E-state index contributed by atoms with van der Waals surface area (Å²) in [4.78, 5) is 21.5. The molecule has 0 atom stereocenters. The lowest BCUT2D eigenvalue weighted by atomic mass is 10.4. The van der Waals surface area contributed by atoms with Crippen molar-refractivity contribution in [3.8, 4) is 0 Å². The average Bonchev–Trinajstić information content (AvgIpc) is 3.01. The number of rotatable bonds is 4. The maximum absolute atomic E-state index is 11.6. The maximum atomic E-state index is 11.6. The molecule has 1 aliphatic carbocycles. The van der Waals surface area contributed by atoms with Crippen LogP contribution in [0.3, 0.4) is 0 Å². The first-order valence-corrected chi connectivity index (χ1v) is 6.20. The van der Waals surface area contributed by atoms with Gasteiger partial charge in [0.05, 0.1) is 10.1 Å². The Hall–Kier alpha value is -0.920. The fourth-order valence-corrected chi connectivity index (χ4v) is 2.09. The van der Waals surface area contributed by atoms with Crippen molar-refractivity contribution >= 4 is 34.3 Å². The smallest absolute Gasteiger partial charge is 0.239 e. The molecular weight excluding hydrogens is 319 g/mol. The molecule has 1 aliphatic rings. The van der Waals surface area contributed by atoms with Gasteiger partial charge < -0.3 is 10.2 Å². The van der Waals surface area contributed by atoms with E-state index in [0.29, 0.717) is 12.6 Å². The summed E-state index contributed by atoms with van der Waals surface area (Å²) >= 11 is 2.16. The fourth-order valence-electron chi connectivity index (χ4n) is 1.38. The number of hydrogen-bond acceptors (Lipinski definition) is 4. The number of nitrogens with one attached hydrogen (secondary N) is 1. The number of hydrogen-bond donors (Lipinski definition) is 1. The molecule has 0 bridgehead atoms. The zero-order chi connectivity index (χ0) is 11.5. The number of aromatic nitrogens is 2. The van der Waals surface area contributed by atoms with Gasteiger partial charge in [-0.05, 0) is 35.4 Å². The van der Waals surface area contributed by atoms with E-state index in [1.54, 1.807) is 6.20 Å². The van der Waals surface area contributed by atoms with Gasteiger partial charge in [0.15, 0.2) is 0 Å². The molecule has 1 N–H and O–H groups in total. The van der Waals surface area contributed by atoms with Gasteiger partial charge in [0.1, 0.15) is 12.1 Å². The summed E-state index contributed by atoms with van der Waals surface area (Å²) in [5, 5.41) is 2.95. The quantitative estimate of drug-likeness (QED) is 0.829. The lowest BCUT2D eigenvalue weighted by molar-refractivity contribution is -0.119. The van der Waals surface area contributed by atoms with E-state index >= 15 is 0 Å². The molecule has 16 heavy (non-hydrogen) atoms. The predicted octanol–water partition coefficient (Wildman–Crippen LogP) is 0.796. The molecule has 1 aromatic rings. The van der Waals surface area contributed by atoms with E-state index in [4.69, 9.17) is 0 Å². The summed E-state index contributed by atoms with van der Waals surface area (Å²) in [5.41, 5.74) is 0. The van der Waals surface area contributed by atoms with Crippen LogP contribution in [0.25, 0.3) is 0 Å². The minimum Gasteiger partial charge on any atom is -0.352 e. The Labute approximate surface area is 108 Å². The van der Waals surface area contributed by atoms with Gasteiger partial charge >= 0.3 is 0 Å². The van der Waals surface area contributed by atoms with Gasteiger partial charge in [-0.15, -0.1) is 0 Å². The highest BCUT2D eigenvalue weighted by atomic mass is 127. The van der Waals surface area contributed by atoms with Crippen LogP contribution >= 0.6 is 22.6 Å². The topological polar surface area (TPSA) is 58.1 Å². The van der Waals surface area contributed by atoms with Gasteiger partial charge in [0, 0.05) is 19.3 Å². The van der Waals surface area contributed by atoms with Crippen LogP contribution in [0.2, 0.25) is 0 Å². The maximum Gasteiger partial charge on any atom is 0.239 e. The third-order valence-corrected chi connectivity index (χ3v) is 3.09. The molecule has 2 rings (SSSR count). The molecule has 0 spiro atoms. The van der Waals surface area contributed by atoms with Gasteiger partial charge in [-0.25, -0.2) is 9.97 Å². The first kappa shape index (κ1) is 11.6. The fraction of sp³-hybridized carbons (Fsp3) is 0.500. The van der Waals surface area contributed by atoms with Gasteiger partial charge in [0.2, 0.25) is 5.91 Å². The SMILES string of the molecule is CN(CC(=O)NC1CC1)c1ncncc1I. The first-order valence-electron chi connectivity index (χ1n) is 5.13. The van der Waals surface area contributed by atoms with Gasteiger partial charge in [0.25, 0.3) is 0 Å². The standard InChI is InChI=1S/C10H13IN4O/c1-15(5-9(16)14-7-2-3-7)10-8(11)4-12-6-13-10/h4,6-7H,2-3,5H2,1H3,(H,14,16). The molecule has 1 heterocycles. The van der Waals surface area contributed by atoms with Crippen LogP contribution in [-0.4, -0.2) is 35.5 Å². The summed E-state index contributed by atoms with van der Waals surface area (Å²) < 4.78 is 0.946. The Morgan fingerprint density at radius 3 is 3.06 bits per heavy atom. The zero-order valence-corrected chi connectivity index (χ0v) is 11.1. The van der Waals surface area contributed by atoms with Crippen LogP contribution in [0.15, 0.2) is 12.5 Å². The highest BCUT2D eigenvalue weighted by Crippen LogP contribution is 2.19. The molecule has 1 aromatic heterocycles. The molecule has 86 valence electrons. The van der Waals surface area contributed by atoms with E-state index in [1.807, 2.05) is 11.9 Å². The van der Waals surface area contributed by atoms with E-state index in [2.05, 4.69) is 37.9 Å². The van der Waals surface area contributed by atoms with E-state index in [0.717, 1.165) is 22.2 Å². The first-order chi connectivity index (χ1) is 7.66. The largest absolute Gasteiger partial charge is 0.352 e. The van der Waals surface area contributed by atoms with E-state index in [1.165, 1.54) is 6.33 Å². The second-order valence-corrected chi connectivity index (χ2v) is 5.05. The van der Waals surface area contributed by atoms with Crippen molar-refractivity contribution in [2.75, 3.05) is 18.5 Å².